The lowest BCUT2D eigenvalue weighted by Crippen LogP contribution is -1.93. The quantitative estimate of drug-likeness (QED) is 0.677. The molecule has 20 heavy (non-hydrogen) atoms. The second kappa shape index (κ2) is 5.71. The summed E-state index contributed by atoms with van der Waals surface area (Å²) in [5, 5.41) is 0. The van der Waals surface area contributed by atoms with E-state index in [0.717, 1.165) is 29.1 Å². The van der Waals surface area contributed by atoms with Gasteiger partial charge in [0.15, 0.2) is 0 Å². The molecular formula is C17H18N2S. The first-order valence-corrected chi connectivity index (χ1v) is 7.89. The predicted octanol–water partition coefficient (Wildman–Crippen LogP) is 4.95. The van der Waals surface area contributed by atoms with E-state index in [0.29, 0.717) is 0 Å². The summed E-state index contributed by atoms with van der Waals surface area (Å²) in [6, 6.07) is 10.7. The van der Waals surface area contributed by atoms with Gasteiger partial charge in [0.1, 0.15) is 0 Å². The Morgan fingerprint density at radius 2 is 2.00 bits per heavy atom. The minimum Gasteiger partial charge on any atom is -0.256 e. The van der Waals surface area contributed by atoms with E-state index in [2.05, 4.69) is 54.1 Å². The first kappa shape index (κ1) is 13.3. The maximum Gasteiger partial charge on any atom is 0.0818 e. The van der Waals surface area contributed by atoms with E-state index >= 15 is 0 Å². The molecule has 3 aromatic rings. The number of hydrogen-bond acceptors (Lipinski definition) is 3. The molecule has 0 fully saturated rings. The van der Waals surface area contributed by atoms with Gasteiger partial charge in [0.05, 0.1) is 21.4 Å². The summed E-state index contributed by atoms with van der Waals surface area (Å²) in [5.74, 6) is 0.738. The number of hydrogen-bond donors (Lipinski definition) is 0. The zero-order valence-electron chi connectivity index (χ0n) is 11.8. The molecule has 0 spiro atoms. The number of fused-ring (bicyclic) bond motifs is 1. The highest BCUT2D eigenvalue weighted by atomic mass is 32.1. The molecule has 0 atom stereocenters. The summed E-state index contributed by atoms with van der Waals surface area (Å²) >= 11 is 1.67. The van der Waals surface area contributed by atoms with Crippen LogP contribution in [0.2, 0.25) is 0 Å². The maximum atomic E-state index is 4.59. The number of thiazole rings is 1. The molecular weight excluding hydrogens is 264 g/mol. The van der Waals surface area contributed by atoms with Gasteiger partial charge < -0.3 is 0 Å². The Balaban J connectivity index is 1.82. The van der Waals surface area contributed by atoms with Crippen molar-refractivity contribution in [2.75, 3.05) is 0 Å². The molecule has 0 aliphatic rings. The van der Waals surface area contributed by atoms with Crippen molar-refractivity contribution in [2.45, 2.75) is 26.7 Å². The Morgan fingerprint density at radius 3 is 2.75 bits per heavy atom. The average molecular weight is 282 g/mol. The molecule has 0 saturated heterocycles. The highest BCUT2D eigenvalue weighted by molar-refractivity contribution is 7.16. The fourth-order valence-electron chi connectivity index (χ4n) is 2.22. The van der Waals surface area contributed by atoms with Crippen molar-refractivity contribution < 1.29 is 0 Å². The third-order valence-electron chi connectivity index (χ3n) is 3.46. The number of pyridine rings is 1. The normalized spacial score (nSPS) is 11.3. The van der Waals surface area contributed by atoms with Gasteiger partial charge in [0.2, 0.25) is 0 Å². The SMILES string of the molecule is CC(C)CCc1ccc(-c2ccc3scnc3c2)nc1. The van der Waals surface area contributed by atoms with E-state index in [9.17, 15) is 0 Å². The summed E-state index contributed by atoms with van der Waals surface area (Å²) in [5.41, 5.74) is 6.42. The van der Waals surface area contributed by atoms with E-state index in [1.807, 2.05) is 11.7 Å². The van der Waals surface area contributed by atoms with E-state index < -0.39 is 0 Å². The molecule has 0 N–H and O–H groups in total. The Labute approximate surface area is 123 Å². The maximum absolute atomic E-state index is 4.59. The van der Waals surface area contributed by atoms with Crippen LogP contribution in [0, 0.1) is 5.92 Å². The van der Waals surface area contributed by atoms with Gasteiger partial charge in [-0.25, -0.2) is 4.98 Å². The molecule has 0 saturated carbocycles. The average Bonchev–Trinajstić information content (AvgIpc) is 2.93. The molecule has 3 heteroatoms. The minimum absolute atomic E-state index is 0.738. The first-order valence-electron chi connectivity index (χ1n) is 7.01. The third-order valence-corrected chi connectivity index (χ3v) is 4.27. The molecule has 0 amide bonds. The van der Waals surface area contributed by atoms with Crippen LogP contribution in [0.5, 0.6) is 0 Å². The lowest BCUT2D eigenvalue weighted by atomic mass is 10.0. The second-order valence-corrected chi connectivity index (χ2v) is 6.41. The second-order valence-electron chi connectivity index (χ2n) is 5.52. The first-order chi connectivity index (χ1) is 9.72. The van der Waals surface area contributed by atoms with Crippen molar-refractivity contribution in [3.05, 3.63) is 47.6 Å². The molecule has 102 valence electrons. The summed E-state index contributed by atoms with van der Waals surface area (Å²) < 4.78 is 1.22. The van der Waals surface area contributed by atoms with Crippen LogP contribution < -0.4 is 0 Å². The van der Waals surface area contributed by atoms with Crippen LogP contribution in [0.4, 0.5) is 0 Å². The Kier molecular flexibility index (Phi) is 3.79. The number of nitrogens with zero attached hydrogens (tertiary/aromatic N) is 2. The van der Waals surface area contributed by atoms with Gasteiger partial charge in [0.25, 0.3) is 0 Å². The van der Waals surface area contributed by atoms with Gasteiger partial charge >= 0.3 is 0 Å². The lowest BCUT2D eigenvalue weighted by Gasteiger charge is -2.06. The van der Waals surface area contributed by atoms with Crippen molar-refractivity contribution in [2.24, 2.45) is 5.92 Å². The summed E-state index contributed by atoms with van der Waals surface area (Å²) in [4.78, 5) is 8.96. The summed E-state index contributed by atoms with van der Waals surface area (Å²) in [6.45, 7) is 4.51. The van der Waals surface area contributed by atoms with Crippen molar-refractivity contribution in [3.8, 4) is 11.3 Å². The predicted molar refractivity (Wildman–Crippen MR) is 86.0 cm³/mol. The van der Waals surface area contributed by atoms with Crippen LogP contribution in [0.3, 0.4) is 0 Å². The van der Waals surface area contributed by atoms with Gasteiger partial charge in [-0.3, -0.25) is 4.98 Å². The smallest absolute Gasteiger partial charge is 0.0818 e. The van der Waals surface area contributed by atoms with Crippen LogP contribution in [0.25, 0.3) is 21.5 Å². The standard InChI is InChI=1S/C17H18N2S/c1-12(2)3-4-13-5-7-15(18-10-13)14-6-8-17-16(9-14)19-11-20-17/h5-12H,3-4H2,1-2H3. The topological polar surface area (TPSA) is 25.8 Å². The largest absolute Gasteiger partial charge is 0.256 e. The summed E-state index contributed by atoms with van der Waals surface area (Å²) in [6.07, 6.45) is 4.32. The Bertz CT molecular complexity index is 698. The van der Waals surface area contributed by atoms with E-state index in [1.165, 1.54) is 16.7 Å². The number of benzene rings is 1. The molecule has 0 unspecified atom stereocenters. The Morgan fingerprint density at radius 1 is 1.10 bits per heavy atom. The van der Waals surface area contributed by atoms with E-state index in [4.69, 9.17) is 0 Å². The van der Waals surface area contributed by atoms with Crippen LogP contribution in [0.1, 0.15) is 25.8 Å². The van der Waals surface area contributed by atoms with Crippen molar-refractivity contribution in [1.82, 2.24) is 9.97 Å². The van der Waals surface area contributed by atoms with Crippen LogP contribution in [-0.2, 0) is 6.42 Å². The highest BCUT2D eigenvalue weighted by Crippen LogP contribution is 2.24. The molecule has 0 bridgehead atoms. The van der Waals surface area contributed by atoms with E-state index in [1.54, 1.807) is 11.3 Å². The molecule has 2 aromatic heterocycles. The van der Waals surface area contributed by atoms with Crippen LogP contribution in [-0.4, -0.2) is 9.97 Å². The molecule has 0 aliphatic heterocycles. The van der Waals surface area contributed by atoms with Crippen LogP contribution >= 0.6 is 11.3 Å². The third kappa shape index (κ3) is 2.88. The molecule has 1 aromatic carbocycles. The fourth-order valence-corrected chi connectivity index (χ4v) is 2.87. The molecule has 2 nitrogen and oxygen atoms in total. The molecule has 0 aliphatic carbocycles. The van der Waals surface area contributed by atoms with Gasteiger partial charge in [0, 0.05) is 11.8 Å². The molecule has 0 radical (unpaired) electrons. The lowest BCUT2D eigenvalue weighted by molar-refractivity contribution is 0.586. The highest BCUT2D eigenvalue weighted by Gasteiger charge is 2.03. The monoisotopic (exact) mass is 282 g/mol. The van der Waals surface area contributed by atoms with Crippen molar-refractivity contribution >= 4 is 21.6 Å². The van der Waals surface area contributed by atoms with E-state index in [-0.39, 0.29) is 0 Å². The van der Waals surface area contributed by atoms with Gasteiger partial charge in [-0.15, -0.1) is 11.3 Å². The number of aryl methyl sites for hydroxylation is 1. The Hall–Kier alpha value is -1.74. The minimum atomic E-state index is 0.738. The van der Waals surface area contributed by atoms with Crippen LogP contribution in [0.15, 0.2) is 42.0 Å². The van der Waals surface area contributed by atoms with Gasteiger partial charge in [-0.2, -0.15) is 0 Å². The van der Waals surface area contributed by atoms with Crippen molar-refractivity contribution in [1.29, 1.82) is 0 Å². The zero-order chi connectivity index (χ0) is 13.9. The summed E-state index contributed by atoms with van der Waals surface area (Å²) in [7, 11) is 0. The zero-order valence-corrected chi connectivity index (χ0v) is 12.7. The number of rotatable bonds is 4. The van der Waals surface area contributed by atoms with Gasteiger partial charge in [-0.1, -0.05) is 26.0 Å². The fraction of sp³-hybridized carbons (Fsp3) is 0.294. The molecule has 2 heterocycles. The molecule has 3 rings (SSSR count). The van der Waals surface area contributed by atoms with Crippen molar-refractivity contribution in [3.63, 3.8) is 0 Å². The van der Waals surface area contributed by atoms with Gasteiger partial charge in [-0.05, 0) is 42.5 Å². The number of aromatic nitrogens is 2.